The first kappa shape index (κ1) is 17.5. The molecule has 0 heterocycles. The summed E-state index contributed by atoms with van der Waals surface area (Å²) < 4.78 is 0.892. The number of anilines is 1. The van der Waals surface area contributed by atoms with Crippen molar-refractivity contribution in [3.8, 4) is 11.8 Å². The van der Waals surface area contributed by atoms with E-state index in [4.69, 9.17) is 11.6 Å². The van der Waals surface area contributed by atoms with Crippen LogP contribution < -0.4 is 5.32 Å². The third-order valence-corrected chi connectivity index (χ3v) is 4.38. The fourth-order valence-corrected chi connectivity index (χ4v) is 3.14. The van der Waals surface area contributed by atoms with Gasteiger partial charge in [-0.3, -0.25) is 4.79 Å². The highest BCUT2D eigenvalue weighted by atomic mass is 79.9. The highest BCUT2D eigenvalue weighted by molar-refractivity contribution is 9.11. The van der Waals surface area contributed by atoms with Gasteiger partial charge in [0, 0.05) is 0 Å². The Balaban J connectivity index is 2.31. The van der Waals surface area contributed by atoms with Crippen molar-refractivity contribution in [2.24, 2.45) is 0 Å². The lowest BCUT2D eigenvalue weighted by molar-refractivity contribution is -0.112. The maximum Gasteiger partial charge on any atom is 0.266 e. The lowest BCUT2D eigenvalue weighted by Crippen LogP contribution is -2.13. The van der Waals surface area contributed by atoms with Crippen LogP contribution in [0.5, 0.6) is 5.75 Å². The molecule has 0 aliphatic rings. The SMILES string of the molecule is N#C/C(=C\c1cc(Br)c(O)c(Br)c1)C(=O)Nc1ccccc1Cl. The van der Waals surface area contributed by atoms with Gasteiger partial charge in [-0.05, 0) is 67.8 Å². The van der Waals surface area contributed by atoms with Gasteiger partial charge in [0.05, 0.1) is 19.7 Å². The molecule has 2 aromatic carbocycles. The van der Waals surface area contributed by atoms with Gasteiger partial charge in [-0.15, -0.1) is 0 Å². The normalized spacial score (nSPS) is 11.0. The molecule has 0 unspecified atom stereocenters. The van der Waals surface area contributed by atoms with Gasteiger partial charge in [0.2, 0.25) is 0 Å². The summed E-state index contributed by atoms with van der Waals surface area (Å²) in [4.78, 5) is 12.2. The summed E-state index contributed by atoms with van der Waals surface area (Å²) in [6.45, 7) is 0. The minimum Gasteiger partial charge on any atom is -0.506 e. The minimum atomic E-state index is -0.569. The molecule has 0 aliphatic carbocycles. The van der Waals surface area contributed by atoms with E-state index in [-0.39, 0.29) is 11.3 Å². The Bertz CT molecular complexity index is 821. The summed E-state index contributed by atoms with van der Waals surface area (Å²) in [7, 11) is 0. The first-order valence-electron chi connectivity index (χ1n) is 6.28. The van der Waals surface area contributed by atoms with Crippen molar-refractivity contribution in [3.63, 3.8) is 0 Å². The number of nitrogens with zero attached hydrogens (tertiary/aromatic N) is 1. The molecular formula is C16H9Br2ClN2O2. The predicted octanol–water partition coefficient (Wildman–Crippen LogP) is 5.12. The number of amides is 1. The van der Waals surface area contributed by atoms with Crippen molar-refractivity contribution in [2.45, 2.75) is 0 Å². The smallest absolute Gasteiger partial charge is 0.266 e. The van der Waals surface area contributed by atoms with Crippen molar-refractivity contribution in [1.82, 2.24) is 0 Å². The predicted molar refractivity (Wildman–Crippen MR) is 97.2 cm³/mol. The molecule has 4 nitrogen and oxygen atoms in total. The number of phenolic OH excluding ortho intramolecular Hbond substituents is 1. The standard InChI is InChI=1S/C16H9Br2ClN2O2/c17-11-6-9(7-12(18)15(11)22)5-10(8-20)16(23)21-14-4-2-1-3-13(14)19/h1-7,22H,(H,21,23)/b10-5+. The van der Waals surface area contributed by atoms with E-state index in [1.165, 1.54) is 6.08 Å². The van der Waals surface area contributed by atoms with Gasteiger partial charge in [-0.2, -0.15) is 5.26 Å². The van der Waals surface area contributed by atoms with E-state index in [1.54, 1.807) is 36.4 Å². The molecule has 0 saturated heterocycles. The third kappa shape index (κ3) is 4.35. The van der Waals surface area contributed by atoms with Gasteiger partial charge in [-0.1, -0.05) is 23.7 Å². The number of carbonyl (C=O) groups excluding carboxylic acids is 1. The monoisotopic (exact) mass is 454 g/mol. The van der Waals surface area contributed by atoms with Crippen molar-refractivity contribution in [2.75, 3.05) is 5.32 Å². The summed E-state index contributed by atoms with van der Waals surface area (Å²) in [6, 6.07) is 11.8. The topological polar surface area (TPSA) is 73.1 Å². The van der Waals surface area contributed by atoms with Gasteiger partial charge in [0.15, 0.2) is 0 Å². The molecule has 0 fully saturated rings. The molecule has 7 heteroatoms. The lowest BCUT2D eigenvalue weighted by atomic mass is 10.1. The average molecular weight is 457 g/mol. The number of nitriles is 1. The Morgan fingerprint density at radius 3 is 2.43 bits per heavy atom. The van der Waals surface area contributed by atoms with Crippen LogP contribution in [0.1, 0.15) is 5.56 Å². The fraction of sp³-hybridized carbons (Fsp3) is 0. The maximum absolute atomic E-state index is 12.2. The number of rotatable bonds is 3. The Kier molecular flexibility index (Phi) is 5.83. The third-order valence-electron chi connectivity index (χ3n) is 2.84. The first-order valence-corrected chi connectivity index (χ1v) is 8.24. The molecule has 116 valence electrons. The van der Waals surface area contributed by atoms with Crippen LogP contribution in [-0.4, -0.2) is 11.0 Å². The second kappa shape index (κ2) is 7.64. The number of nitrogens with one attached hydrogen (secondary N) is 1. The van der Waals surface area contributed by atoms with Gasteiger partial charge >= 0.3 is 0 Å². The van der Waals surface area contributed by atoms with E-state index >= 15 is 0 Å². The first-order chi connectivity index (χ1) is 10.9. The van der Waals surface area contributed by atoms with Crippen LogP contribution >= 0.6 is 43.5 Å². The summed E-state index contributed by atoms with van der Waals surface area (Å²) in [5, 5.41) is 21.9. The van der Waals surface area contributed by atoms with Crippen LogP contribution in [0.15, 0.2) is 50.9 Å². The van der Waals surface area contributed by atoms with Gasteiger partial charge in [-0.25, -0.2) is 0 Å². The summed E-state index contributed by atoms with van der Waals surface area (Å²) in [6.07, 6.45) is 1.42. The molecular weight excluding hydrogens is 447 g/mol. The highest BCUT2D eigenvalue weighted by Crippen LogP contribution is 2.34. The Morgan fingerprint density at radius 1 is 1.26 bits per heavy atom. The van der Waals surface area contributed by atoms with Crippen LogP contribution in [-0.2, 0) is 4.79 Å². The molecule has 23 heavy (non-hydrogen) atoms. The van der Waals surface area contributed by atoms with Crippen molar-refractivity contribution >= 4 is 61.1 Å². The number of para-hydroxylation sites is 1. The fourth-order valence-electron chi connectivity index (χ4n) is 1.74. The van der Waals surface area contributed by atoms with E-state index < -0.39 is 5.91 Å². The van der Waals surface area contributed by atoms with Gasteiger partial charge in [0.25, 0.3) is 5.91 Å². The average Bonchev–Trinajstić information content (AvgIpc) is 2.52. The highest BCUT2D eigenvalue weighted by Gasteiger charge is 2.12. The van der Waals surface area contributed by atoms with E-state index in [0.717, 1.165) is 0 Å². The van der Waals surface area contributed by atoms with Gasteiger partial charge in [0.1, 0.15) is 17.4 Å². The van der Waals surface area contributed by atoms with Crippen LogP contribution in [0.25, 0.3) is 6.08 Å². The minimum absolute atomic E-state index is 0.0428. The van der Waals surface area contributed by atoms with Crippen molar-refractivity contribution in [3.05, 3.63) is 61.5 Å². The number of carbonyl (C=O) groups is 1. The van der Waals surface area contributed by atoms with Crippen LogP contribution in [0.4, 0.5) is 5.69 Å². The molecule has 0 atom stereocenters. The van der Waals surface area contributed by atoms with Crippen LogP contribution in [0, 0.1) is 11.3 Å². The number of aromatic hydroxyl groups is 1. The zero-order chi connectivity index (χ0) is 17.0. The molecule has 0 aromatic heterocycles. The molecule has 0 radical (unpaired) electrons. The number of hydrogen-bond donors (Lipinski definition) is 2. The van der Waals surface area contributed by atoms with E-state index in [1.807, 2.05) is 6.07 Å². The molecule has 1 amide bonds. The van der Waals surface area contributed by atoms with E-state index in [0.29, 0.717) is 25.2 Å². The molecule has 0 saturated carbocycles. The van der Waals surface area contributed by atoms with Gasteiger partial charge < -0.3 is 10.4 Å². The molecule has 0 spiro atoms. The van der Waals surface area contributed by atoms with E-state index in [2.05, 4.69) is 37.2 Å². The molecule has 2 N–H and O–H groups in total. The summed E-state index contributed by atoms with van der Waals surface area (Å²) in [5.41, 5.74) is 0.912. The Morgan fingerprint density at radius 2 is 1.87 bits per heavy atom. The quantitative estimate of drug-likeness (QED) is 0.498. The van der Waals surface area contributed by atoms with E-state index in [9.17, 15) is 15.2 Å². The zero-order valence-electron chi connectivity index (χ0n) is 11.5. The number of phenols is 1. The maximum atomic E-state index is 12.2. The zero-order valence-corrected chi connectivity index (χ0v) is 15.4. The summed E-state index contributed by atoms with van der Waals surface area (Å²) in [5.74, 6) is -0.526. The van der Waals surface area contributed by atoms with Crippen LogP contribution in [0.3, 0.4) is 0 Å². The molecule has 2 aromatic rings. The second-order valence-corrected chi connectivity index (χ2v) is 6.55. The molecule has 2 rings (SSSR count). The number of benzene rings is 2. The second-order valence-electron chi connectivity index (χ2n) is 4.44. The Hall–Kier alpha value is -1.81. The Labute approximate surface area is 154 Å². The molecule has 0 aliphatic heterocycles. The number of halogens is 3. The van der Waals surface area contributed by atoms with Crippen molar-refractivity contribution < 1.29 is 9.90 Å². The number of hydrogen-bond acceptors (Lipinski definition) is 3. The van der Waals surface area contributed by atoms with Crippen LogP contribution in [0.2, 0.25) is 5.02 Å². The lowest BCUT2D eigenvalue weighted by Gasteiger charge is -2.07. The van der Waals surface area contributed by atoms with Crippen molar-refractivity contribution in [1.29, 1.82) is 5.26 Å². The molecule has 0 bridgehead atoms. The summed E-state index contributed by atoms with van der Waals surface area (Å²) >= 11 is 12.4. The largest absolute Gasteiger partial charge is 0.506 e.